The normalized spacial score (nSPS) is 12.0. The van der Waals surface area contributed by atoms with E-state index in [1.807, 2.05) is 0 Å². The molecule has 0 radical (unpaired) electrons. The quantitative estimate of drug-likeness (QED) is 0.277. The van der Waals surface area contributed by atoms with Crippen LogP contribution in [0.25, 0.3) is 0 Å². The van der Waals surface area contributed by atoms with Crippen molar-refractivity contribution in [2.24, 2.45) is 0 Å². The Labute approximate surface area is 37.7 Å². The van der Waals surface area contributed by atoms with Crippen molar-refractivity contribution in [3.8, 4) is 0 Å². The molecule has 0 bridgehead atoms. The van der Waals surface area contributed by atoms with Gasteiger partial charge in [0.1, 0.15) is 0 Å². The Kier molecular flexibility index (Phi) is 1.56. The topological polar surface area (TPSA) is 29.5 Å². The Morgan fingerprint density at radius 1 is 1.33 bits per heavy atom. The predicted molar refractivity (Wildman–Crippen MR) is 23.5 cm³/mol. The molecule has 0 saturated carbocycles. The standard InChI is InChI=1S/C4H10O2/c1-4(2,3)6-5/h5H,1-3H3/i5+2. The highest BCUT2D eigenvalue weighted by Gasteiger charge is 2.06. The third kappa shape index (κ3) is 3.92. The van der Waals surface area contributed by atoms with Crippen LogP contribution in [-0.4, -0.2) is 10.9 Å². The first-order valence-corrected chi connectivity index (χ1v) is 1.89. The van der Waals surface area contributed by atoms with Crippen molar-refractivity contribution in [2.45, 2.75) is 26.4 Å². The summed E-state index contributed by atoms with van der Waals surface area (Å²) in [7, 11) is 0. The van der Waals surface area contributed by atoms with Gasteiger partial charge in [-0.3, -0.25) is 5.26 Å². The molecule has 2 nitrogen and oxygen atoms in total. The van der Waals surface area contributed by atoms with E-state index >= 15 is 0 Å². The highest BCUT2D eigenvalue weighted by molar-refractivity contribution is 4.53. The van der Waals surface area contributed by atoms with Crippen LogP contribution in [0, 0.1) is 0 Å². The molecule has 2 heteroatoms. The zero-order valence-corrected chi connectivity index (χ0v) is 4.36. The Morgan fingerprint density at radius 2 is 1.50 bits per heavy atom. The molecule has 0 atom stereocenters. The van der Waals surface area contributed by atoms with E-state index in [0.717, 1.165) is 0 Å². The van der Waals surface area contributed by atoms with Crippen molar-refractivity contribution < 1.29 is 10.1 Å². The van der Waals surface area contributed by atoms with Crippen molar-refractivity contribution in [1.29, 1.82) is 0 Å². The Morgan fingerprint density at radius 3 is 1.50 bits per heavy atom. The van der Waals surface area contributed by atoms with Crippen LogP contribution >= 0.6 is 0 Å². The van der Waals surface area contributed by atoms with Gasteiger partial charge in [-0.2, -0.15) is 0 Å². The molecule has 0 aromatic rings. The van der Waals surface area contributed by atoms with Crippen LogP contribution in [0.2, 0.25) is 0 Å². The van der Waals surface area contributed by atoms with E-state index in [0.29, 0.717) is 0 Å². The molecule has 0 aliphatic rings. The van der Waals surface area contributed by atoms with E-state index in [4.69, 9.17) is 5.26 Å². The molecule has 38 valence electrons. The summed E-state index contributed by atoms with van der Waals surface area (Å²) >= 11 is 0. The summed E-state index contributed by atoms with van der Waals surface area (Å²) in [6, 6.07) is 0. The van der Waals surface area contributed by atoms with Gasteiger partial charge in [0.15, 0.2) is 0 Å². The molecule has 0 fully saturated rings. The summed E-state index contributed by atoms with van der Waals surface area (Å²) in [5.74, 6) is 0. The van der Waals surface area contributed by atoms with Crippen LogP contribution in [0.15, 0.2) is 0 Å². The number of hydrogen-bond acceptors (Lipinski definition) is 2. The van der Waals surface area contributed by atoms with Gasteiger partial charge in [0.25, 0.3) is 0 Å². The summed E-state index contributed by atoms with van der Waals surface area (Å²) in [5.41, 5.74) is -0.403. The zero-order chi connectivity index (χ0) is 5.21. The van der Waals surface area contributed by atoms with Gasteiger partial charge in [-0.05, 0) is 20.8 Å². The molecule has 0 spiro atoms. The molecule has 0 rings (SSSR count). The van der Waals surface area contributed by atoms with Crippen LogP contribution in [0.5, 0.6) is 0 Å². The average molecular weight is 92.1 g/mol. The number of rotatable bonds is 0. The lowest BCUT2D eigenvalue weighted by molar-refractivity contribution is -0.306. The Balaban J connectivity index is 3.17. The molecule has 6 heavy (non-hydrogen) atoms. The second kappa shape index (κ2) is 1.58. The first-order valence-electron chi connectivity index (χ1n) is 1.89. The van der Waals surface area contributed by atoms with Gasteiger partial charge in [0.2, 0.25) is 0 Å². The molecule has 0 aromatic carbocycles. The van der Waals surface area contributed by atoms with Crippen molar-refractivity contribution >= 4 is 0 Å². The molecule has 0 aromatic heterocycles. The molecule has 0 unspecified atom stereocenters. The van der Waals surface area contributed by atoms with Gasteiger partial charge in [-0.25, -0.2) is 4.89 Å². The molecule has 0 heterocycles. The van der Waals surface area contributed by atoms with E-state index in [2.05, 4.69) is 4.89 Å². The fourth-order valence-corrected chi connectivity index (χ4v) is 0. The largest absolute Gasteiger partial charge is 0.251 e. The van der Waals surface area contributed by atoms with Gasteiger partial charge in [0, 0.05) is 0 Å². The van der Waals surface area contributed by atoms with Crippen LogP contribution < -0.4 is 0 Å². The Bertz CT molecular complexity index is 35.3. The molecule has 0 aliphatic carbocycles. The highest BCUT2D eigenvalue weighted by atomic mass is 18.4. The Hall–Kier alpha value is -0.0800. The first-order chi connectivity index (χ1) is 2.56. The molecule has 1 N–H and O–H groups in total. The van der Waals surface area contributed by atoms with E-state index < -0.39 is 5.60 Å². The SMILES string of the molecule is CC(C)(C)O[18OH]. The maximum atomic E-state index is 7.90. The highest BCUT2D eigenvalue weighted by Crippen LogP contribution is 2.01. The molecule has 0 aliphatic heterocycles. The molecular weight excluding hydrogens is 82.0 g/mol. The van der Waals surface area contributed by atoms with Gasteiger partial charge in [0.05, 0.1) is 5.60 Å². The maximum Gasteiger partial charge on any atom is 0.0949 e. The zero-order valence-electron chi connectivity index (χ0n) is 4.36. The summed E-state index contributed by atoms with van der Waals surface area (Å²) in [4.78, 5) is 3.94. The van der Waals surface area contributed by atoms with Crippen LogP contribution in [0.4, 0.5) is 0 Å². The first kappa shape index (κ1) is 5.92. The van der Waals surface area contributed by atoms with E-state index in [1.54, 1.807) is 20.8 Å². The number of hydrogen-bond donors (Lipinski definition) is 1. The average Bonchev–Trinajstić information content (AvgIpc) is 1.35. The summed E-state index contributed by atoms with van der Waals surface area (Å²) < 4.78 is 0. The second-order valence-electron chi connectivity index (χ2n) is 2.20. The van der Waals surface area contributed by atoms with E-state index in [-0.39, 0.29) is 0 Å². The maximum absolute atomic E-state index is 7.90. The molecular formula is C4H10O2. The lowest BCUT2D eigenvalue weighted by Gasteiger charge is -2.10. The van der Waals surface area contributed by atoms with Crippen molar-refractivity contribution in [3.63, 3.8) is 0 Å². The van der Waals surface area contributed by atoms with Gasteiger partial charge >= 0.3 is 0 Å². The third-order valence-electron chi connectivity index (χ3n) is 0.274. The smallest absolute Gasteiger partial charge is 0.0949 e. The minimum Gasteiger partial charge on any atom is -0.251 e. The van der Waals surface area contributed by atoms with Crippen LogP contribution in [-0.2, 0) is 4.89 Å². The molecule has 0 amide bonds. The third-order valence-corrected chi connectivity index (χ3v) is 0.274. The monoisotopic (exact) mass is 92.1 g/mol. The molecule has 0 saturated heterocycles. The van der Waals surface area contributed by atoms with Crippen molar-refractivity contribution in [3.05, 3.63) is 0 Å². The summed E-state index contributed by atoms with van der Waals surface area (Å²) in [5, 5.41) is 7.90. The lowest BCUT2D eigenvalue weighted by atomic mass is 10.2. The van der Waals surface area contributed by atoms with Crippen molar-refractivity contribution in [2.75, 3.05) is 0 Å². The predicted octanol–water partition coefficient (Wildman–Crippen LogP) is 1.27. The minimum atomic E-state index is -0.403. The minimum absolute atomic E-state index is 0.403. The van der Waals surface area contributed by atoms with Crippen LogP contribution in [0.3, 0.4) is 0 Å². The van der Waals surface area contributed by atoms with E-state index in [9.17, 15) is 0 Å². The second-order valence-corrected chi connectivity index (χ2v) is 2.20. The van der Waals surface area contributed by atoms with Crippen molar-refractivity contribution in [1.82, 2.24) is 0 Å². The van der Waals surface area contributed by atoms with E-state index in [1.165, 1.54) is 0 Å². The van der Waals surface area contributed by atoms with Gasteiger partial charge in [-0.1, -0.05) is 0 Å². The summed E-state index contributed by atoms with van der Waals surface area (Å²) in [6.45, 7) is 5.31. The summed E-state index contributed by atoms with van der Waals surface area (Å²) in [6.07, 6.45) is 0. The fourth-order valence-electron chi connectivity index (χ4n) is 0. The lowest BCUT2D eigenvalue weighted by Crippen LogP contribution is -2.15. The fraction of sp³-hybridized carbons (Fsp3) is 1.00. The van der Waals surface area contributed by atoms with Gasteiger partial charge in [-0.15, -0.1) is 0 Å². The van der Waals surface area contributed by atoms with Crippen LogP contribution in [0.1, 0.15) is 20.8 Å². The van der Waals surface area contributed by atoms with Gasteiger partial charge < -0.3 is 0 Å².